The number of amides is 1. The van der Waals surface area contributed by atoms with E-state index in [0.29, 0.717) is 21.5 Å². The quantitative estimate of drug-likeness (QED) is 0.737. The van der Waals surface area contributed by atoms with Gasteiger partial charge in [0.2, 0.25) is 0 Å². The number of anilines is 1. The zero-order valence-electron chi connectivity index (χ0n) is 13.1. The fraction of sp³-hybridized carbons (Fsp3) is 0.125. The minimum Gasteiger partial charge on any atom is -0.484 e. The van der Waals surface area contributed by atoms with Gasteiger partial charge in [-0.05, 0) is 47.2 Å². The number of nitrogens with one attached hydrogen (secondary N) is 1. The van der Waals surface area contributed by atoms with Gasteiger partial charge in [-0.15, -0.1) is 5.10 Å². The maximum absolute atomic E-state index is 12.1. The first kappa shape index (κ1) is 17.2. The summed E-state index contributed by atoms with van der Waals surface area (Å²) in [5.41, 5.74) is 2.35. The first-order valence-electron chi connectivity index (χ1n) is 7.24. The highest BCUT2D eigenvalue weighted by Gasteiger charge is 2.08. The van der Waals surface area contributed by atoms with Gasteiger partial charge in [-0.3, -0.25) is 4.79 Å². The molecule has 25 heavy (non-hydrogen) atoms. The number of aryl methyl sites for hydroxylation is 1. The second kappa shape index (κ2) is 7.50. The second-order valence-corrected chi connectivity index (χ2v) is 5.98. The van der Waals surface area contributed by atoms with Crippen molar-refractivity contribution in [2.75, 3.05) is 11.9 Å². The Morgan fingerprint density at radius 3 is 2.76 bits per heavy atom. The Labute approximate surface area is 153 Å². The maximum Gasteiger partial charge on any atom is 0.262 e. The third kappa shape index (κ3) is 4.26. The third-order valence-electron chi connectivity index (χ3n) is 3.35. The van der Waals surface area contributed by atoms with Crippen LogP contribution in [0, 0.1) is 6.92 Å². The van der Waals surface area contributed by atoms with Gasteiger partial charge in [-0.1, -0.05) is 29.3 Å². The topological polar surface area (TPSA) is 81.9 Å². The van der Waals surface area contributed by atoms with Gasteiger partial charge in [-0.2, -0.15) is 0 Å². The smallest absolute Gasteiger partial charge is 0.262 e. The summed E-state index contributed by atoms with van der Waals surface area (Å²) >= 11 is 11.7. The van der Waals surface area contributed by atoms with Crippen LogP contribution in [-0.2, 0) is 4.79 Å². The summed E-state index contributed by atoms with van der Waals surface area (Å²) in [6, 6.07) is 10.2. The number of hydrogen-bond donors (Lipinski definition) is 1. The fourth-order valence-corrected chi connectivity index (χ4v) is 2.41. The van der Waals surface area contributed by atoms with Crippen LogP contribution in [0.15, 0.2) is 42.7 Å². The molecule has 0 radical (unpaired) electrons. The van der Waals surface area contributed by atoms with Gasteiger partial charge >= 0.3 is 0 Å². The van der Waals surface area contributed by atoms with Crippen molar-refractivity contribution in [3.63, 3.8) is 0 Å². The van der Waals surface area contributed by atoms with Crippen molar-refractivity contribution >= 4 is 34.8 Å². The first-order chi connectivity index (χ1) is 12.0. The number of carbonyl (C=O) groups excluding carboxylic acids is 1. The number of benzene rings is 2. The van der Waals surface area contributed by atoms with Crippen LogP contribution < -0.4 is 10.1 Å². The van der Waals surface area contributed by atoms with E-state index in [1.54, 1.807) is 30.3 Å². The summed E-state index contributed by atoms with van der Waals surface area (Å²) in [6.07, 6.45) is 1.49. The Morgan fingerprint density at radius 2 is 2.04 bits per heavy atom. The Bertz CT molecular complexity index is 900. The molecule has 0 bridgehead atoms. The molecule has 1 aromatic heterocycles. The van der Waals surface area contributed by atoms with Gasteiger partial charge in [-0.25, -0.2) is 4.68 Å². The molecule has 0 aliphatic heterocycles. The molecule has 128 valence electrons. The molecule has 0 aliphatic rings. The maximum atomic E-state index is 12.1. The molecule has 7 nitrogen and oxygen atoms in total. The van der Waals surface area contributed by atoms with Crippen molar-refractivity contribution in [3.8, 4) is 11.4 Å². The Morgan fingerprint density at radius 1 is 1.20 bits per heavy atom. The van der Waals surface area contributed by atoms with E-state index in [0.717, 1.165) is 11.3 Å². The molecule has 1 N–H and O–H groups in total. The average molecular weight is 378 g/mol. The Hall–Kier alpha value is -2.64. The summed E-state index contributed by atoms with van der Waals surface area (Å²) in [7, 11) is 0. The average Bonchev–Trinajstić information content (AvgIpc) is 3.12. The number of carbonyl (C=O) groups is 1. The summed E-state index contributed by atoms with van der Waals surface area (Å²) in [6.45, 7) is 1.77. The number of rotatable bonds is 5. The number of ether oxygens (including phenoxy) is 1. The van der Waals surface area contributed by atoms with Crippen molar-refractivity contribution < 1.29 is 9.53 Å². The SMILES string of the molecule is Cc1ccc(NC(=O)COc2ccc(Cl)c(Cl)c2)cc1-n1cnnn1. The first-order valence-corrected chi connectivity index (χ1v) is 8.00. The van der Waals surface area contributed by atoms with Gasteiger partial charge in [0.25, 0.3) is 5.91 Å². The standard InChI is InChI=1S/C16H13Cl2N5O2/c1-10-2-3-11(6-15(10)23-9-19-21-22-23)20-16(24)8-25-12-4-5-13(17)14(18)7-12/h2-7,9H,8H2,1H3,(H,20,24). The molecule has 0 saturated heterocycles. The van der Waals surface area contributed by atoms with Crippen molar-refractivity contribution in [1.29, 1.82) is 0 Å². The number of aromatic nitrogens is 4. The Balaban J connectivity index is 1.65. The number of tetrazole rings is 1. The molecular weight excluding hydrogens is 365 g/mol. The van der Waals surface area contributed by atoms with E-state index in [1.165, 1.54) is 11.0 Å². The lowest BCUT2D eigenvalue weighted by molar-refractivity contribution is -0.118. The predicted molar refractivity (Wildman–Crippen MR) is 94.5 cm³/mol. The molecule has 3 rings (SSSR count). The lowest BCUT2D eigenvalue weighted by atomic mass is 10.2. The second-order valence-electron chi connectivity index (χ2n) is 5.17. The molecule has 0 fully saturated rings. The molecule has 9 heteroatoms. The summed E-state index contributed by atoms with van der Waals surface area (Å²) in [5, 5.41) is 14.6. The van der Waals surface area contributed by atoms with Crippen LogP contribution in [0.1, 0.15) is 5.56 Å². The summed E-state index contributed by atoms with van der Waals surface area (Å²) in [4.78, 5) is 12.1. The highest BCUT2D eigenvalue weighted by Crippen LogP contribution is 2.26. The van der Waals surface area contributed by atoms with E-state index in [2.05, 4.69) is 20.8 Å². The summed E-state index contributed by atoms with van der Waals surface area (Å²) in [5.74, 6) is 0.153. The van der Waals surface area contributed by atoms with Crippen LogP contribution in [0.2, 0.25) is 10.0 Å². The molecule has 0 spiro atoms. The number of nitrogens with zero attached hydrogens (tertiary/aromatic N) is 4. The van der Waals surface area contributed by atoms with Gasteiger partial charge in [0, 0.05) is 11.8 Å². The van der Waals surface area contributed by atoms with E-state index in [4.69, 9.17) is 27.9 Å². The minimum atomic E-state index is -0.308. The van der Waals surface area contributed by atoms with E-state index in [9.17, 15) is 4.79 Å². The van der Waals surface area contributed by atoms with Gasteiger partial charge in [0.15, 0.2) is 6.61 Å². The highest BCUT2D eigenvalue weighted by molar-refractivity contribution is 6.42. The van der Waals surface area contributed by atoms with Gasteiger partial charge < -0.3 is 10.1 Å². The molecule has 0 atom stereocenters. The number of halogens is 2. The lowest BCUT2D eigenvalue weighted by Crippen LogP contribution is -2.20. The van der Waals surface area contributed by atoms with E-state index in [1.807, 2.05) is 13.0 Å². The molecule has 0 saturated carbocycles. The molecule has 0 unspecified atom stereocenters. The molecule has 2 aromatic carbocycles. The molecule has 1 heterocycles. The van der Waals surface area contributed by atoms with Crippen LogP contribution in [-0.4, -0.2) is 32.7 Å². The molecule has 0 aliphatic carbocycles. The van der Waals surface area contributed by atoms with E-state index >= 15 is 0 Å². The third-order valence-corrected chi connectivity index (χ3v) is 4.09. The van der Waals surface area contributed by atoms with Crippen LogP contribution in [0.5, 0.6) is 5.75 Å². The zero-order valence-corrected chi connectivity index (χ0v) is 14.6. The van der Waals surface area contributed by atoms with Crippen LogP contribution in [0.3, 0.4) is 0 Å². The van der Waals surface area contributed by atoms with Crippen molar-refractivity contribution in [2.45, 2.75) is 6.92 Å². The fourth-order valence-electron chi connectivity index (χ4n) is 2.12. The van der Waals surface area contributed by atoms with Crippen molar-refractivity contribution in [3.05, 3.63) is 58.3 Å². The molecule has 1 amide bonds. The Kier molecular flexibility index (Phi) is 5.16. The van der Waals surface area contributed by atoms with Crippen LogP contribution in [0.4, 0.5) is 5.69 Å². The largest absolute Gasteiger partial charge is 0.484 e. The van der Waals surface area contributed by atoms with Gasteiger partial charge in [0.1, 0.15) is 12.1 Å². The van der Waals surface area contributed by atoms with E-state index in [-0.39, 0.29) is 12.5 Å². The minimum absolute atomic E-state index is 0.161. The molecule has 3 aromatic rings. The lowest BCUT2D eigenvalue weighted by Gasteiger charge is -2.10. The highest BCUT2D eigenvalue weighted by atomic mass is 35.5. The van der Waals surface area contributed by atoms with Gasteiger partial charge in [0.05, 0.1) is 15.7 Å². The molecular formula is C16H13Cl2N5O2. The van der Waals surface area contributed by atoms with Crippen molar-refractivity contribution in [1.82, 2.24) is 20.2 Å². The number of hydrogen-bond acceptors (Lipinski definition) is 5. The monoisotopic (exact) mass is 377 g/mol. The van der Waals surface area contributed by atoms with Crippen LogP contribution in [0.25, 0.3) is 5.69 Å². The predicted octanol–water partition coefficient (Wildman–Crippen LogP) is 3.30. The van der Waals surface area contributed by atoms with E-state index < -0.39 is 0 Å². The normalized spacial score (nSPS) is 10.5. The van der Waals surface area contributed by atoms with Crippen LogP contribution >= 0.6 is 23.2 Å². The van der Waals surface area contributed by atoms with Crippen molar-refractivity contribution in [2.24, 2.45) is 0 Å². The zero-order chi connectivity index (χ0) is 17.8. The summed E-state index contributed by atoms with van der Waals surface area (Å²) < 4.78 is 6.93.